The molecule has 1 aromatic heterocycles. The van der Waals surface area contributed by atoms with Crippen molar-refractivity contribution < 1.29 is 4.79 Å². The van der Waals surface area contributed by atoms with Crippen LogP contribution in [0.3, 0.4) is 0 Å². The molecule has 2 rings (SSSR count). The van der Waals surface area contributed by atoms with Crippen molar-refractivity contribution in [3.05, 3.63) is 17.8 Å². The molecule has 1 fully saturated rings. The molecule has 0 saturated heterocycles. The number of aromatic nitrogens is 1. The summed E-state index contributed by atoms with van der Waals surface area (Å²) in [5.41, 5.74) is 11.5. The van der Waals surface area contributed by atoms with E-state index >= 15 is 0 Å². The summed E-state index contributed by atoms with van der Waals surface area (Å²) in [7, 11) is 0. The van der Waals surface area contributed by atoms with Crippen LogP contribution < -0.4 is 16.8 Å². The lowest BCUT2D eigenvalue weighted by Crippen LogP contribution is -2.17. The van der Waals surface area contributed by atoms with E-state index < -0.39 is 5.91 Å². The molecule has 92 valence electrons. The molecule has 0 bridgehead atoms. The summed E-state index contributed by atoms with van der Waals surface area (Å²) in [6.45, 7) is 3.08. The van der Waals surface area contributed by atoms with Gasteiger partial charge in [0, 0.05) is 6.54 Å². The third kappa shape index (κ3) is 2.87. The van der Waals surface area contributed by atoms with Gasteiger partial charge < -0.3 is 16.8 Å². The van der Waals surface area contributed by atoms with Crippen LogP contribution in [-0.2, 0) is 0 Å². The molecule has 17 heavy (non-hydrogen) atoms. The van der Waals surface area contributed by atoms with E-state index in [0.717, 1.165) is 12.5 Å². The molecule has 0 radical (unpaired) electrons. The van der Waals surface area contributed by atoms with Gasteiger partial charge in [0.05, 0.1) is 17.4 Å². The highest BCUT2D eigenvalue weighted by Crippen LogP contribution is 2.36. The van der Waals surface area contributed by atoms with Gasteiger partial charge in [-0.2, -0.15) is 0 Å². The number of nitrogens with one attached hydrogen (secondary N) is 1. The summed E-state index contributed by atoms with van der Waals surface area (Å²) in [5, 5.41) is 3.21. The van der Waals surface area contributed by atoms with Gasteiger partial charge in [0.2, 0.25) is 0 Å². The molecule has 1 aromatic rings. The first-order chi connectivity index (χ1) is 8.08. The second-order valence-corrected chi connectivity index (χ2v) is 4.72. The van der Waals surface area contributed by atoms with Crippen molar-refractivity contribution in [2.75, 3.05) is 17.6 Å². The molecule has 0 aromatic carbocycles. The molecule has 1 atom stereocenters. The summed E-state index contributed by atoms with van der Waals surface area (Å²) in [4.78, 5) is 15.2. The van der Waals surface area contributed by atoms with Crippen LogP contribution in [0.15, 0.2) is 12.3 Å². The second kappa shape index (κ2) is 4.61. The Morgan fingerprint density at radius 1 is 1.65 bits per heavy atom. The van der Waals surface area contributed by atoms with Crippen LogP contribution in [0.5, 0.6) is 0 Å². The highest BCUT2D eigenvalue weighted by atomic mass is 16.1. The number of pyridine rings is 1. The number of hydrogen-bond donors (Lipinski definition) is 3. The fourth-order valence-corrected chi connectivity index (χ4v) is 1.87. The standard InChI is InChI=1S/C12H18N4O/c1-7(8-2-3-8)5-15-11-4-9(12(14)17)10(13)6-16-11/h4,6-8H,2-3,5,13H2,1H3,(H2,14,17)(H,15,16). The molecule has 5 N–H and O–H groups in total. The number of anilines is 2. The van der Waals surface area contributed by atoms with Crippen molar-refractivity contribution in [2.45, 2.75) is 19.8 Å². The number of rotatable bonds is 5. The van der Waals surface area contributed by atoms with Crippen molar-refractivity contribution in [1.82, 2.24) is 4.98 Å². The van der Waals surface area contributed by atoms with E-state index in [-0.39, 0.29) is 0 Å². The van der Waals surface area contributed by atoms with E-state index in [9.17, 15) is 4.79 Å². The average molecular weight is 234 g/mol. The minimum absolute atomic E-state index is 0.318. The Kier molecular flexibility index (Phi) is 3.17. The van der Waals surface area contributed by atoms with Crippen molar-refractivity contribution >= 4 is 17.4 Å². The zero-order chi connectivity index (χ0) is 12.4. The second-order valence-electron chi connectivity index (χ2n) is 4.72. The van der Waals surface area contributed by atoms with Crippen molar-refractivity contribution in [1.29, 1.82) is 0 Å². The molecule has 1 unspecified atom stereocenters. The van der Waals surface area contributed by atoms with Crippen molar-refractivity contribution in [3.63, 3.8) is 0 Å². The SMILES string of the molecule is CC(CNc1cc(C(N)=O)c(N)cn1)C1CC1. The topological polar surface area (TPSA) is 94.0 Å². The fraction of sp³-hybridized carbons (Fsp3) is 0.500. The molecule has 1 saturated carbocycles. The van der Waals surface area contributed by atoms with Crippen molar-refractivity contribution in [2.24, 2.45) is 17.6 Å². The summed E-state index contributed by atoms with van der Waals surface area (Å²) < 4.78 is 0. The number of nitrogen functional groups attached to an aromatic ring is 1. The van der Waals surface area contributed by atoms with Gasteiger partial charge in [-0.25, -0.2) is 4.98 Å². The van der Waals surface area contributed by atoms with E-state index in [1.165, 1.54) is 19.0 Å². The molecule has 0 aliphatic heterocycles. The first-order valence-corrected chi connectivity index (χ1v) is 5.87. The Morgan fingerprint density at radius 3 is 2.94 bits per heavy atom. The van der Waals surface area contributed by atoms with Gasteiger partial charge in [-0.15, -0.1) is 0 Å². The molecule has 1 amide bonds. The van der Waals surface area contributed by atoms with Gasteiger partial charge in [-0.05, 0) is 30.7 Å². The number of nitrogens with zero attached hydrogens (tertiary/aromatic N) is 1. The smallest absolute Gasteiger partial charge is 0.250 e. The molecule has 5 heteroatoms. The average Bonchev–Trinajstić information content (AvgIpc) is 3.11. The van der Waals surface area contributed by atoms with Crippen LogP contribution >= 0.6 is 0 Å². The molecule has 1 aliphatic carbocycles. The highest BCUT2D eigenvalue weighted by molar-refractivity contribution is 5.98. The predicted molar refractivity (Wildman–Crippen MR) is 67.5 cm³/mol. The third-order valence-corrected chi connectivity index (χ3v) is 3.23. The number of nitrogens with two attached hydrogens (primary N) is 2. The number of carbonyl (C=O) groups excluding carboxylic acids is 1. The van der Waals surface area contributed by atoms with Gasteiger partial charge in [-0.3, -0.25) is 4.79 Å². The first kappa shape index (κ1) is 11.7. The maximum Gasteiger partial charge on any atom is 0.250 e. The summed E-state index contributed by atoms with van der Waals surface area (Å²) >= 11 is 0. The lowest BCUT2D eigenvalue weighted by atomic mass is 10.1. The van der Waals surface area contributed by atoms with E-state index in [2.05, 4.69) is 17.2 Å². The lowest BCUT2D eigenvalue weighted by molar-refractivity contribution is 0.100. The van der Waals surface area contributed by atoms with Gasteiger partial charge in [-0.1, -0.05) is 6.92 Å². The van der Waals surface area contributed by atoms with E-state index in [1.807, 2.05) is 0 Å². The van der Waals surface area contributed by atoms with Crippen LogP contribution in [0.1, 0.15) is 30.1 Å². The Labute approximate surface area is 101 Å². The van der Waals surface area contributed by atoms with Crippen LogP contribution in [0.2, 0.25) is 0 Å². The quantitative estimate of drug-likeness (QED) is 0.714. The van der Waals surface area contributed by atoms with Crippen LogP contribution in [0.4, 0.5) is 11.5 Å². The van der Waals surface area contributed by atoms with E-state index in [4.69, 9.17) is 11.5 Å². The maximum absolute atomic E-state index is 11.1. The van der Waals surface area contributed by atoms with Gasteiger partial charge in [0.1, 0.15) is 5.82 Å². The van der Waals surface area contributed by atoms with Crippen LogP contribution in [0.25, 0.3) is 0 Å². The van der Waals surface area contributed by atoms with Gasteiger partial charge in [0.25, 0.3) is 5.91 Å². The number of primary amides is 1. The fourth-order valence-electron chi connectivity index (χ4n) is 1.87. The minimum atomic E-state index is -0.525. The van der Waals surface area contributed by atoms with Gasteiger partial charge in [0.15, 0.2) is 0 Å². The first-order valence-electron chi connectivity index (χ1n) is 5.87. The van der Waals surface area contributed by atoms with E-state index in [0.29, 0.717) is 23.0 Å². The Balaban J connectivity index is 2.00. The Hall–Kier alpha value is -1.78. The Bertz CT molecular complexity index is 429. The molecule has 1 heterocycles. The number of carbonyl (C=O) groups is 1. The van der Waals surface area contributed by atoms with Crippen LogP contribution in [-0.4, -0.2) is 17.4 Å². The minimum Gasteiger partial charge on any atom is -0.397 e. The van der Waals surface area contributed by atoms with Gasteiger partial charge >= 0.3 is 0 Å². The maximum atomic E-state index is 11.1. The molecular weight excluding hydrogens is 216 g/mol. The highest BCUT2D eigenvalue weighted by Gasteiger charge is 2.27. The zero-order valence-corrected chi connectivity index (χ0v) is 9.94. The molecule has 0 spiro atoms. The molecule has 5 nitrogen and oxygen atoms in total. The lowest BCUT2D eigenvalue weighted by Gasteiger charge is -2.12. The summed E-state index contributed by atoms with van der Waals surface area (Å²) in [6.07, 6.45) is 4.11. The number of hydrogen-bond acceptors (Lipinski definition) is 4. The predicted octanol–water partition coefficient (Wildman–Crippen LogP) is 1.22. The molecular formula is C12H18N4O. The van der Waals surface area contributed by atoms with E-state index in [1.54, 1.807) is 6.07 Å². The zero-order valence-electron chi connectivity index (χ0n) is 9.94. The monoisotopic (exact) mass is 234 g/mol. The number of amides is 1. The van der Waals surface area contributed by atoms with Crippen molar-refractivity contribution in [3.8, 4) is 0 Å². The summed E-state index contributed by atoms with van der Waals surface area (Å²) in [5.74, 6) is 1.60. The summed E-state index contributed by atoms with van der Waals surface area (Å²) in [6, 6.07) is 1.61. The van der Waals surface area contributed by atoms with Crippen LogP contribution in [0, 0.1) is 11.8 Å². The molecule has 1 aliphatic rings. The Morgan fingerprint density at radius 2 is 2.35 bits per heavy atom. The third-order valence-electron chi connectivity index (χ3n) is 3.23. The largest absolute Gasteiger partial charge is 0.397 e. The normalized spacial score (nSPS) is 16.5.